The number of carbonyl (C=O) groups excluding carboxylic acids is 1. The third-order valence-electron chi connectivity index (χ3n) is 5.07. The Morgan fingerprint density at radius 3 is 2.31 bits per heavy atom. The number of benzene rings is 3. The minimum atomic E-state index is -0.707. The van der Waals surface area contributed by atoms with Gasteiger partial charge in [0.2, 0.25) is 5.76 Å². The maximum atomic E-state index is 13.5. The summed E-state index contributed by atoms with van der Waals surface area (Å²) in [4.78, 5) is 28.1. The van der Waals surface area contributed by atoms with E-state index in [-0.39, 0.29) is 16.8 Å². The van der Waals surface area contributed by atoms with E-state index in [9.17, 15) is 14.0 Å². The van der Waals surface area contributed by atoms with E-state index in [1.54, 1.807) is 48.5 Å². The molecule has 0 unspecified atom stereocenters. The van der Waals surface area contributed by atoms with Crippen molar-refractivity contribution in [3.05, 3.63) is 111 Å². The molecule has 0 N–H and O–H groups in total. The number of rotatable bonds is 2. The van der Waals surface area contributed by atoms with Gasteiger partial charge in [-0.25, -0.2) is 4.39 Å². The van der Waals surface area contributed by atoms with Crippen LogP contribution in [-0.4, -0.2) is 5.91 Å². The molecule has 5 rings (SSSR count). The molecule has 3 aromatic carbocycles. The van der Waals surface area contributed by atoms with Crippen LogP contribution in [0.25, 0.3) is 11.0 Å². The third-order valence-corrected chi connectivity index (χ3v) is 5.32. The molecule has 4 aromatic rings. The molecule has 6 heteroatoms. The van der Waals surface area contributed by atoms with Crippen LogP contribution < -0.4 is 10.3 Å². The standard InChI is InChI=1S/C23H13ClFNO3/c24-14-7-5-13(6-8-14)20-19-21(27)17-3-1-2-4-18(17)29-22(19)23(28)26(20)16-11-9-15(25)10-12-16/h1-12,20H/t20-/m1/s1. The molecule has 1 aliphatic rings. The molecule has 0 fully saturated rings. The van der Waals surface area contributed by atoms with Crippen LogP contribution in [0.1, 0.15) is 27.7 Å². The minimum absolute atomic E-state index is 0.00188. The van der Waals surface area contributed by atoms with Crippen molar-refractivity contribution in [2.24, 2.45) is 0 Å². The van der Waals surface area contributed by atoms with Gasteiger partial charge in [0.25, 0.3) is 5.91 Å². The van der Waals surface area contributed by atoms with Crippen molar-refractivity contribution in [3.63, 3.8) is 0 Å². The highest BCUT2D eigenvalue weighted by molar-refractivity contribution is 6.30. The van der Waals surface area contributed by atoms with Gasteiger partial charge in [-0.2, -0.15) is 0 Å². The largest absolute Gasteiger partial charge is 0.450 e. The molecule has 0 radical (unpaired) electrons. The highest BCUT2D eigenvalue weighted by Crippen LogP contribution is 2.41. The normalized spacial score (nSPS) is 15.7. The van der Waals surface area contributed by atoms with Crippen molar-refractivity contribution in [2.45, 2.75) is 6.04 Å². The summed E-state index contributed by atoms with van der Waals surface area (Å²) in [5.74, 6) is -0.867. The summed E-state index contributed by atoms with van der Waals surface area (Å²) in [6.07, 6.45) is 0. The van der Waals surface area contributed by atoms with Gasteiger partial charge in [0.15, 0.2) is 5.43 Å². The number of amides is 1. The van der Waals surface area contributed by atoms with E-state index in [1.807, 2.05) is 0 Å². The molecule has 0 saturated carbocycles. The summed E-state index contributed by atoms with van der Waals surface area (Å²) in [5.41, 5.74) is 1.51. The van der Waals surface area contributed by atoms with Crippen LogP contribution in [0.4, 0.5) is 10.1 Å². The fourth-order valence-corrected chi connectivity index (χ4v) is 3.87. The van der Waals surface area contributed by atoms with Crippen LogP contribution in [0.2, 0.25) is 5.02 Å². The van der Waals surface area contributed by atoms with Gasteiger partial charge < -0.3 is 4.42 Å². The molecular formula is C23H13ClFNO3. The van der Waals surface area contributed by atoms with Gasteiger partial charge in [0.1, 0.15) is 11.4 Å². The fraction of sp³-hybridized carbons (Fsp3) is 0.0435. The van der Waals surface area contributed by atoms with Crippen molar-refractivity contribution < 1.29 is 13.6 Å². The van der Waals surface area contributed by atoms with Gasteiger partial charge in [-0.3, -0.25) is 14.5 Å². The second-order valence-electron chi connectivity index (χ2n) is 6.78. The second kappa shape index (κ2) is 6.57. The minimum Gasteiger partial charge on any atom is -0.450 e. The Balaban J connectivity index is 1.81. The molecule has 142 valence electrons. The molecule has 2 heterocycles. The SMILES string of the molecule is O=C1c2oc3ccccc3c(=O)c2[C@@H](c2ccc(Cl)cc2)N1c1ccc(F)cc1. The van der Waals surface area contributed by atoms with Gasteiger partial charge in [-0.05, 0) is 54.1 Å². The Labute approximate surface area is 169 Å². The smallest absolute Gasteiger partial charge is 0.295 e. The Morgan fingerprint density at radius 2 is 1.59 bits per heavy atom. The van der Waals surface area contributed by atoms with E-state index in [2.05, 4.69) is 0 Å². The fourth-order valence-electron chi connectivity index (χ4n) is 3.75. The first kappa shape index (κ1) is 17.6. The maximum Gasteiger partial charge on any atom is 0.295 e. The molecule has 29 heavy (non-hydrogen) atoms. The number of hydrogen-bond donors (Lipinski definition) is 0. The number of para-hydroxylation sites is 1. The van der Waals surface area contributed by atoms with Crippen molar-refractivity contribution in [3.8, 4) is 0 Å². The first-order valence-corrected chi connectivity index (χ1v) is 9.33. The summed E-state index contributed by atoms with van der Waals surface area (Å²) < 4.78 is 19.3. The predicted octanol–water partition coefficient (Wildman–Crippen LogP) is 5.34. The van der Waals surface area contributed by atoms with E-state index >= 15 is 0 Å². The highest BCUT2D eigenvalue weighted by atomic mass is 35.5. The van der Waals surface area contributed by atoms with Gasteiger partial charge in [0.05, 0.1) is 17.0 Å². The predicted molar refractivity (Wildman–Crippen MR) is 109 cm³/mol. The lowest BCUT2D eigenvalue weighted by molar-refractivity contribution is 0.0971. The third kappa shape index (κ3) is 2.74. The molecule has 0 saturated heterocycles. The monoisotopic (exact) mass is 405 g/mol. The molecule has 1 amide bonds. The molecule has 4 nitrogen and oxygen atoms in total. The summed E-state index contributed by atoms with van der Waals surface area (Å²) in [6, 6.07) is 18.6. The molecule has 1 aliphatic heterocycles. The number of halogens is 2. The summed E-state index contributed by atoms with van der Waals surface area (Å²) >= 11 is 6.02. The highest BCUT2D eigenvalue weighted by Gasteiger charge is 2.43. The second-order valence-corrected chi connectivity index (χ2v) is 7.21. The van der Waals surface area contributed by atoms with Crippen LogP contribution in [0.5, 0.6) is 0 Å². The average molecular weight is 406 g/mol. The van der Waals surface area contributed by atoms with Gasteiger partial charge in [-0.1, -0.05) is 35.9 Å². The quantitative estimate of drug-likeness (QED) is 0.452. The number of anilines is 1. The number of carbonyl (C=O) groups is 1. The van der Waals surface area contributed by atoms with Crippen LogP contribution in [0.15, 0.2) is 82.0 Å². The van der Waals surface area contributed by atoms with E-state index in [1.165, 1.54) is 29.2 Å². The summed E-state index contributed by atoms with van der Waals surface area (Å²) in [7, 11) is 0. The lowest BCUT2D eigenvalue weighted by Gasteiger charge is -2.25. The Hall–Kier alpha value is -3.44. The van der Waals surface area contributed by atoms with Gasteiger partial charge >= 0.3 is 0 Å². The maximum absolute atomic E-state index is 13.5. The van der Waals surface area contributed by atoms with Crippen molar-refractivity contribution in [1.82, 2.24) is 0 Å². The number of nitrogens with zero attached hydrogens (tertiary/aromatic N) is 1. The van der Waals surface area contributed by atoms with Crippen molar-refractivity contribution >= 4 is 34.2 Å². The first-order valence-electron chi connectivity index (χ1n) is 8.95. The summed E-state index contributed by atoms with van der Waals surface area (Å²) in [5, 5.41) is 0.941. The molecular weight excluding hydrogens is 393 g/mol. The topological polar surface area (TPSA) is 50.5 Å². The van der Waals surface area contributed by atoms with E-state index in [0.717, 1.165) is 0 Å². The van der Waals surface area contributed by atoms with Crippen LogP contribution in [0.3, 0.4) is 0 Å². The van der Waals surface area contributed by atoms with Crippen LogP contribution in [-0.2, 0) is 0 Å². The summed E-state index contributed by atoms with van der Waals surface area (Å²) in [6.45, 7) is 0. The van der Waals surface area contributed by atoms with E-state index in [0.29, 0.717) is 27.2 Å². The molecule has 0 spiro atoms. The molecule has 1 aromatic heterocycles. The zero-order valence-corrected chi connectivity index (χ0v) is 15.7. The van der Waals surface area contributed by atoms with Gasteiger partial charge in [0, 0.05) is 10.7 Å². The number of fused-ring (bicyclic) bond motifs is 2. The Morgan fingerprint density at radius 1 is 0.897 bits per heavy atom. The molecule has 1 atom stereocenters. The van der Waals surface area contributed by atoms with Crippen molar-refractivity contribution in [1.29, 1.82) is 0 Å². The average Bonchev–Trinajstić information content (AvgIpc) is 3.02. The van der Waals surface area contributed by atoms with E-state index in [4.69, 9.17) is 16.0 Å². The Bertz CT molecular complexity index is 1310. The number of hydrogen-bond acceptors (Lipinski definition) is 3. The van der Waals surface area contributed by atoms with Crippen LogP contribution in [0, 0.1) is 5.82 Å². The zero-order chi connectivity index (χ0) is 20.1. The zero-order valence-electron chi connectivity index (χ0n) is 14.9. The first-order chi connectivity index (χ1) is 14.0. The van der Waals surface area contributed by atoms with Crippen molar-refractivity contribution in [2.75, 3.05) is 4.90 Å². The Kier molecular flexibility index (Phi) is 4.00. The van der Waals surface area contributed by atoms with E-state index < -0.39 is 17.8 Å². The molecule has 0 bridgehead atoms. The lowest BCUT2D eigenvalue weighted by atomic mass is 9.98. The lowest BCUT2D eigenvalue weighted by Crippen LogP contribution is -2.29. The molecule has 0 aliphatic carbocycles. The van der Waals surface area contributed by atoms with Gasteiger partial charge in [-0.15, -0.1) is 0 Å². The van der Waals surface area contributed by atoms with Crippen LogP contribution >= 0.6 is 11.6 Å².